The van der Waals surface area contributed by atoms with Crippen LogP contribution in [-0.4, -0.2) is 15.7 Å². The van der Waals surface area contributed by atoms with Gasteiger partial charge in [0.1, 0.15) is 0 Å². The summed E-state index contributed by atoms with van der Waals surface area (Å²) in [5.41, 5.74) is 0. The fraction of sp³-hybridized carbons (Fsp3) is 0.333. The van der Waals surface area contributed by atoms with E-state index in [9.17, 15) is 4.21 Å². The Labute approximate surface area is 51.6 Å². The predicted octanol–water partition coefficient (Wildman–Crippen LogP) is 0.860. The smallest absolute Gasteiger partial charge is 0.0711 e. The van der Waals surface area contributed by atoms with E-state index < -0.39 is 10.8 Å². The van der Waals surface area contributed by atoms with Crippen molar-refractivity contribution in [1.82, 2.24) is 0 Å². The first-order valence-electron chi connectivity index (χ1n) is 2.48. The summed E-state index contributed by atoms with van der Waals surface area (Å²) >= 11 is 0. The Morgan fingerprint density at radius 3 is 2.12 bits per heavy atom. The van der Waals surface area contributed by atoms with Crippen LogP contribution in [0.1, 0.15) is 0 Å². The number of rotatable bonds is 1. The lowest BCUT2D eigenvalue weighted by Gasteiger charge is -1.95. The van der Waals surface area contributed by atoms with Crippen LogP contribution in [-0.2, 0) is 10.8 Å². The minimum atomic E-state index is -0.715. The van der Waals surface area contributed by atoms with Gasteiger partial charge in [-0.1, -0.05) is 24.3 Å². The molecule has 0 amide bonds. The van der Waals surface area contributed by atoms with E-state index in [1.54, 1.807) is 6.26 Å². The number of hydrogen-bond acceptors (Lipinski definition) is 1. The zero-order valence-corrected chi connectivity index (χ0v) is 5.52. The fourth-order valence-corrected chi connectivity index (χ4v) is 1.26. The van der Waals surface area contributed by atoms with Crippen LogP contribution in [0.3, 0.4) is 0 Å². The summed E-state index contributed by atoms with van der Waals surface area (Å²) in [5, 5.41) is 0.176. The van der Waals surface area contributed by atoms with Crippen LogP contribution in [0.5, 0.6) is 0 Å². The molecule has 8 heavy (non-hydrogen) atoms. The van der Waals surface area contributed by atoms with Gasteiger partial charge in [0.05, 0.1) is 5.25 Å². The van der Waals surface area contributed by atoms with Crippen LogP contribution in [0, 0.1) is 0 Å². The standard InChI is InChI=1S/C6H8OS/c1-8(7)6-4-2-3-5-6/h2-6H,1H3/t8-/m1/s1. The average Bonchev–Trinajstić information content (AvgIpc) is 2.12. The molecular formula is C6H8OS. The topological polar surface area (TPSA) is 17.1 Å². The molecule has 0 heterocycles. The molecule has 0 saturated carbocycles. The Kier molecular flexibility index (Phi) is 1.63. The molecule has 0 aromatic carbocycles. The third-order valence-electron chi connectivity index (χ3n) is 1.10. The molecule has 0 spiro atoms. The highest BCUT2D eigenvalue weighted by molar-refractivity contribution is 7.85. The van der Waals surface area contributed by atoms with Crippen molar-refractivity contribution in [3.05, 3.63) is 24.3 Å². The van der Waals surface area contributed by atoms with E-state index in [0.29, 0.717) is 0 Å². The zero-order valence-electron chi connectivity index (χ0n) is 4.70. The molecule has 0 N–H and O–H groups in total. The van der Waals surface area contributed by atoms with Crippen LogP contribution < -0.4 is 0 Å². The van der Waals surface area contributed by atoms with Crippen LogP contribution >= 0.6 is 0 Å². The molecule has 0 aromatic heterocycles. The summed E-state index contributed by atoms with van der Waals surface area (Å²) in [5.74, 6) is 0. The number of allylic oxidation sites excluding steroid dienone is 2. The molecule has 0 saturated heterocycles. The Hall–Kier alpha value is -0.370. The van der Waals surface area contributed by atoms with E-state index in [-0.39, 0.29) is 5.25 Å². The Morgan fingerprint density at radius 2 is 1.88 bits per heavy atom. The van der Waals surface area contributed by atoms with E-state index in [1.807, 2.05) is 24.3 Å². The molecule has 1 aliphatic carbocycles. The van der Waals surface area contributed by atoms with Gasteiger partial charge in [0.25, 0.3) is 0 Å². The van der Waals surface area contributed by atoms with E-state index in [2.05, 4.69) is 0 Å². The van der Waals surface area contributed by atoms with Crippen molar-refractivity contribution in [2.45, 2.75) is 5.25 Å². The summed E-state index contributed by atoms with van der Waals surface area (Å²) < 4.78 is 10.7. The predicted molar refractivity (Wildman–Crippen MR) is 36.1 cm³/mol. The highest BCUT2D eigenvalue weighted by Gasteiger charge is 2.05. The monoisotopic (exact) mass is 128 g/mol. The summed E-state index contributed by atoms with van der Waals surface area (Å²) in [6.07, 6.45) is 9.44. The maximum absolute atomic E-state index is 10.7. The molecule has 0 aromatic rings. The van der Waals surface area contributed by atoms with Crippen LogP contribution in [0.4, 0.5) is 0 Å². The molecule has 0 aliphatic heterocycles. The van der Waals surface area contributed by atoms with Crippen LogP contribution in [0.2, 0.25) is 0 Å². The molecular weight excluding hydrogens is 120 g/mol. The van der Waals surface area contributed by atoms with Crippen LogP contribution in [0.25, 0.3) is 0 Å². The van der Waals surface area contributed by atoms with Gasteiger partial charge in [-0.25, -0.2) is 0 Å². The summed E-state index contributed by atoms with van der Waals surface area (Å²) in [6.45, 7) is 0. The first-order valence-corrected chi connectivity index (χ1v) is 4.10. The van der Waals surface area contributed by atoms with Crippen molar-refractivity contribution in [1.29, 1.82) is 0 Å². The minimum Gasteiger partial charge on any atom is -0.259 e. The molecule has 2 heteroatoms. The molecule has 1 aliphatic rings. The normalized spacial score (nSPS) is 22.1. The first kappa shape index (κ1) is 5.76. The minimum absolute atomic E-state index is 0.176. The zero-order chi connectivity index (χ0) is 5.98. The second-order valence-corrected chi connectivity index (χ2v) is 3.27. The van der Waals surface area contributed by atoms with Crippen LogP contribution in [0.15, 0.2) is 24.3 Å². The summed E-state index contributed by atoms with van der Waals surface area (Å²) in [7, 11) is -0.715. The SMILES string of the molecule is C[S@@](=O)C1C=CC=C1. The highest BCUT2D eigenvalue weighted by atomic mass is 32.2. The molecule has 0 unspecified atom stereocenters. The van der Waals surface area contributed by atoms with Crippen molar-refractivity contribution in [3.8, 4) is 0 Å². The maximum atomic E-state index is 10.7. The van der Waals surface area contributed by atoms with E-state index in [0.717, 1.165) is 0 Å². The molecule has 0 fully saturated rings. The lowest BCUT2D eigenvalue weighted by molar-refractivity contribution is 0.686. The van der Waals surface area contributed by atoms with Crippen molar-refractivity contribution in [2.75, 3.05) is 6.26 Å². The quantitative estimate of drug-likeness (QED) is 0.512. The van der Waals surface area contributed by atoms with Crippen molar-refractivity contribution < 1.29 is 4.21 Å². The number of hydrogen-bond donors (Lipinski definition) is 0. The fourth-order valence-electron chi connectivity index (χ4n) is 0.633. The summed E-state index contributed by atoms with van der Waals surface area (Å²) in [4.78, 5) is 0. The van der Waals surface area contributed by atoms with E-state index in [4.69, 9.17) is 0 Å². The lowest BCUT2D eigenvalue weighted by atomic mass is 10.5. The third-order valence-corrected chi connectivity index (χ3v) is 2.18. The molecule has 1 rings (SSSR count). The van der Waals surface area contributed by atoms with Crippen molar-refractivity contribution in [3.63, 3.8) is 0 Å². The Bertz CT molecular complexity index is 146. The highest BCUT2D eigenvalue weighted by Crippen LogP contribution is 2.04. The average molecular weight is 128 g/mol. The Balaban J connectivity index is 2.62. The van der Waals surface area contributed by atoms with Gasteiger partial charge < -0.3 is 0 Å². The maximum Gasteiger partial charge on any atom is 0.0711 e. The van der Waals surface area contributed by atoms with Gasteiger partial charge in [0.15, 0.2) is 0 Å². The van der Waals surface area contributed by atoms with E-state index in [1.165, 1.54) is 0 Å². The summed E-state index contributed by atoms with van der Waals surface area (Å²) in [6, 6.07) is 0. The van der Waals surface area contributed by atoms with Crippen molar-refractivity contribution >= 4 is 10.8 Å². The van der Waals surface area contributed by atoms with Gasteiger partial charge in [0, 0.05) is 17.1 Å². The third kappa shape index (κ3) is 1.07. The van der Waals surface area contributed by atoms with Gasteiger partial charge in [-0.05, 0) is 0 Å². The lowest BCUT2D eigenvalue weighted by Crippen LogP contribution is -2.03. The first-order chi connectivity index (χ1) is 3.80. The Morgan fingerprint density at radius 1 is 1.38 bits per heavy atom. The molecule has 0 radical (unpaired) electrons. The molecule has 44 valence electrons. The second-order valence-electron chi connectivity index (χ2n) is 1.73. The van der Waals surface area contributed by atoms with Gasteiger partial charge in [-0.3, -0.25) is 4.21 Å². The van der Waals surface area contributed by atoms with E-state index >= 15 is 0 Å². The molecule has 0 bridgehead atoms. The second kappa shape index (κ2) is 2.27. The molecule has 1 atom stereocenters. The van der Waals surface area contributed by atoms with Gasteiger partial charge in [-0.2, -0.15) is 0 Å². The largest absolute Gasteiger partial charge is 0.259 e. The van der Waals surface area contributed by atoms with Gasteiger partial charge in [0.2, 0.25) is 0 Å². The molecule has 1 nitrogen and oxygen atoms in total. The van der Waals surface area contributed by atoms with Crippen molar-refractivity contribution in [2.24, 2.45) is 0 Å². The van der Waals surface area contributed by atoms with Gasteiger partial charge in [-0.15, -0.1) is 0 Å². The van der Waals surface area contributed by atoms with Gasteiger partial charge >= 0.3 is 0 Å².